The number of benzene rings is 2. The molecule has 1 heterocycles. The Bertz CT molecular complexity index is 986. The topological polar surface area (TPSA) is 76.1 Å². The van der Waals surface area contributed by atoms with Crippen LogP contribution in [0.5, 0.6) is 5.75 Å². The van der Waals surface area contributed by atoms with Gasteiger partial charge < -0.3 is 15.4 Å². The van der Waals surface area contributed by atoms with Crippen LogP contribution >= 0.6 is 0 Å². The Morgan fingerprint density at radius 3 is 2.54 bits per heavy atom. The van der Waals surface area contributed by atoms with Crippen molar-refractivity contribution in [2.45, 2.75) is 33.8 Å². The molecule has 0 bridgehead atoms. The van der Waals surface area contributed by atoms with E-state index in [0.29, 0.717) is 23.1 Å². The number of carbonyl (C=O) groups is 1. The molecule has 2 aromatic carbocycles. The van der Waals surface area contributed by atoms with E-state index in [1.807, 2.05) is 63.2 Å². The molecule has 3 rings (SSSR count). The Labute approximate surface area is 165 Å². The summed E-state index contributed by atoms with van der Waals surface area (Å²) >= 11 is 0. The van der Waals surface area contributed by atoms with Gasteiger partial charge >= 0.3 is 0 Å². The van der Waals surface area contributed by atoms with Crippen LogP contribution in [0.1, 0.15) is 35.7 Å². The molecular formula is C22H24N4O2. The number of aryl methyl sites for hydroxylation is 2. The normalized spacial score (nSPS) is 10.6. The molecule has 0 radical (unpaired) electrons. The Morgan fingerprint density at radius 1 is 1.00 bits per heavy atom. The van der Waals surface area contributed by atoms with Crippen molar-refractivity contribution >= 4 is 23.1 Å². The molecule has 0 fully saturated rings. The number of amides is 1. The predicted molar refractivity (Wildman–Crippen MR) is 111 cm³/mol. The Kier molecular flexibility index (Phi) is 5.89. The van der Waals surface area contributed by atoms with Gasteiger partial charge in [-0.2, -0.15) is 0 Å². The van der Waals surface area contributed by atoms with Crippen molar-refractivity contribution in [2.75, 3.05) is 10.6 Å². The third-order valence-corrected chi connectivity index (χ3v) is 3.86. The Hall–Kier alpha value is -3.41. The molecule has 0 aliphatic rings. The van der Waals surface area contributed by atoms with Crippen molar-refractivity contribution in [3.8, 4) is 5.75 Å². The number of ether oxygens (including phenoxy) is 1. The highest BCUT2D eigenvalue weighted by molar-refractivity contribution is 6.04. The third kappa shape index (κ3) is 5.07. The van der Waals surface area contributed by atoms with E-state index < -0.39 is 0 Å². The second-order valence-corrected chi connectivity index (χ2v) is 6.80. The summed E-state index contributed by atoms with van der Waals surface area (Å²) in [6.07, 6.45) is 0.00415. The SMILES string of the molecule is Cc1cccc(Nc2cc(C(=O)Nc3ccccc3OC(C)C)nc(C)n2)c1. The lowest BCUT2D eigenvalue weighted by Gasteiger charge is -2.15. The summed E-state index contributed by atoms with van der Waals surface area (Å²) in [5.41, 5.74) is 2.92. The average molecular weight is 376 g/mol. The van der Waals surface area contributed by atoms with Crippen LogP contribution in [0.25, 0.3) is 0 Å². The first-order chi connectivity index (χ1) is 13.4. The molecule has 0 saturated heterocycles. The van der Waals surface area contributed by atoms with E-state index in [1.165, 1.54) is 0 Å². The minimum Gasteiger partial charge on any atom is -0.489 e. The molecular weight excluding hydrogens is 352 g/mol. The highest BCUT2D eigenvalue weighted by Crippen LogP contribution is 2.25. The molecule has 1 aromatic heterocycles. The van der Waals surface area contributed by atoms with Crippen molar-refractivity contribution in [1.82, 2.24) is 9.97 Å². The number of anilines is 3. The van der Waals surface area contributed by atoms with Gasteiger partial charge in [0.1, 0.15) is 23.1 Å². The van der Waals surface area contributed by atoms with Crippen LogP contribution in [0, 0.1) is 13.8 Å². The molecule has 0 unspecified atom stereocenters. The summed E-state index contributed by atoms with van der Waals surface area (Å²) in [6, 6.07) is 16.9. The van der Waals surface area contributed by atoms with Gasteiger partial charge in [0, 0.05) is 11.8 Å². The predicted octanol–water partition coefficient (Wildman–Crippen LogP) is 4.88. The van der Waals surface area contributed by atoms with Gasteiger partial charge in [-0.15, -0.1) is 0 Å². The maximum atomic E-state index is 12.8. The van der Waals surface area contributed by atoms with Gasteiger partial charge in [-0.3, -0.25) is 4.79 Å². The van der Waals surface area contributed by atoms with Crippen molar-refractivity contribution in [2.24, 2.45) is 0 Å². The molecule has 0 spiro atoms. The largest absolute Gasteiger partial charge is 0.489 e. The van der Waals surface area contributed by atoms with E-state index in [2.05, 4.69) is 20.6 Å². The summed E-state index contributed by atoms with van der Waals surface area (Å²) in [5, 5.41) is 6.10. The summed E-state index contributed by atoms with van der Waals surface area (Å²) in [7, 11) is 0. The van der Waals surface area contributed by atoms with Crippen LogP contribution in [-0.4, -0.2) is 22.0 Å². The third-order valence-electron chi connectivity index (χ3n) is 3.86. The zero-order chi connectivity index (χ0) is 20.1. The summed E-state index contributed by atoms with van der Waals surface area (Å²) in [4.78, 5) is 21.4. The maximum absolute atomic E-state index is 12.8. The Morgan fingerprint density at radius 2 is 1.79 bits per heavy atom. The minimum absolute atomic E-state index is 0.00415. The molecule has 6 nitrogen and oxygen atoms in total. The van der Waals surface area contributed by atoms with Crippen molar-refractivity contribution in [3.63, 3.8) is 0 Å². The van der Waals surface area contributed by atoms with E-state index in [9.17, 15) is 4.79 Å². The quantitative estimate of drug-likeness (QED) is 0.641. The molecule has 6 heteroatoms. The number of rotatable bonds is 6. The fourth-order valence-electron chi connectivity index (χ4n) is 2.73. The minimum atomic E-state index is -0.322. The fourth-order valence-corrected chi connectivity index (χ4v) is 2.73. The van der Waals surface area contributed by atoms with Crippen LogP contribution in [0.4, 0.5) is 17.2 Å². The van der Waals surface area contributed by atoms with E-state index in [4.69, 9.17) is 4.74 Å². The summed E-state index contributed by atoms with van der Waals surface area (Å²) in [5.74, 6) is 1.37. The molecule has 3 aromatic rings. The zero-order valence-corrected chi connectivity index (χ0v) is 16.5. The molecule has 0 aliphatic carbocycles. The van der Waals surface area contributed by atoms with Gasteiger partial charge in [-0.05, 0) is 57.5 Å². The van der Waals surface area contributed by atoms with E-state index >= 15 is 0 Å². The van der Waals surface area contributed by atoms with Crippen molar-refractivity contribution < 1.29 is 9.53 Å². The van der Waals surface area contributed by atoms with E-state index in [-0.39, 0.29) is 17.7 Å². The van der Waals surface area contributed by atoms with Crippen LogP contribution in [0.2, 0.25) is 0 Å². The molecule has 144 valence electrons. The first-order valence-electron chi connectivity index (χ1n) is 9.17. The number of hydrogen-bond acceptors (Lipinski definition) is 5. The molecule has 0 atom stereocenters. The second kappa shape index (κ2) is 8.52. The Balaban J connectivity index is 1.82. The number of hydrogen-bond donors (Lipinski definition) is 2. The second-order valence-electron chi connectivity index (χ2n) is 6.80. The summed E-state index contributed by atoms with van der Waals surface area (Å²) < 4.78 is 5.76. The molecule has 1 amide bonds. The lowest BCUT2D eigenvalue weighted by molar-refractivity contribution is 0.102. The first-order valence-corrected chi connectivity index (χ1v) is 9.17. The number of carbonyl (C=O) groups excluding carboxylic acids is 1. The van der Waals surface area contributed by atoms with Gasteiger partial charge in [0.25, 0.3) is 5.91 Å². The van der Waals surface area contributed by atoms with Crippen LogP contribution in [0.15, 0.2) is 54.6 Å². The van der Waals surface area contributed by atoms with Crippen LogP contribution < -0.4 is 15.4 Å². The molecule has 0 aliphatic heterocycles. The van der Waals surface area contributed by atoms with Gasteiger partial charge in [-0.1, -0.05) is 24.3 Å². The highest BCUT2D eigenvalue weighted by Gasteiger charge is 2.14. The van der Waals surface area contributed by atoms with Gasteiger partial charge in [0.15, 0.2) is 0 Å². The smallest absolute Gasteiger partial charge is 0.274 e. The molecule has 0 saturated carbocycles. The van der Waals surface area contributed by atoms with Gasteiger partial charge in [-0.25, -0.2) is 9.97 Å². The van der Waals surface area contributed by atoms with Gasteiger partial charge in [0.2, 0.25) is 0 Å². The monoisotopic (exact) mass is 376 g/mol. The van der Waals surface area contributed by atoms with E-state index in [1.54, 1.807) is 19.1 Å². The number of para-hydroxylation sites is 2. The molecule has 28 heavy (non-hydrogen) atoms. The lowest BCUT2D eigenvalue weighted by Crippen LogP contribution is -2.17. The standard InChI is InChI=1S/C22H24N4O2/c1-14(2)28-20-11-6-5-10-18(20)26-22(27)19-13-21(24-16(4)23-19)25-17-9-7-8-15(3)12-17/h5-14H,1-4H3,(H,26,27)(H,23,24,25). The van der Waals surface area contributed by atoms with Crippen LogP contribution in [0.3, 0.4) is 0 Å². The summed E-state index contributed by atoms with van der Waals surface area (Å²) in [6.45, 7) is 7.66. The fraction of sp³-hybridized carbons (Fsp3) is 0.227. The van der Waals surface area contributed by atoms with Crippen molar-refractivity contribution in [1.29, 1.82) is 0 Å². The first kappa shape index (κ1) is 19.4. The molecule has 2 N–H and O–H groups in total. The van der Waals surface area contributed by atoms with Crippen LogP contribution in [-0.2, 0) is 0 Å². The average Bonchev–Trinajstić information content (AvgIpc) is 2.62. The highest BCUT2D eigenvalue weighted by atomic mass is 16.5. The van der Waals surface area contributed by atoms with E-state index in [0.717, 1.165) is 11.3 Å². The van der Waals surface area contributed by atoms with Crippen molar-refractivity contribution in [3.05, 3.63) is 71.7 Å². The number of nitrogens with one attached hydrogen (secondary N) is 2. The zero-order valence-electron chi connectivity index (χ0n) is 16.5. The number of nitrogens with zero attached hydrogens (tertiary/aromatic N) is 2. The van der Waals surface area contributed by atoms with Gasteiger partial charge in [0.05, 0.1) is 11.8 Å². The lowest BCUT2D eigenvalue weighted by atomic mass is 10.2. The maximum Gasteiger partial charge on any atom is 0.274 e. The number of aromatic nitrogens is 2.